The van der Waals surface area contributed by atoms with E-state index in [0.717, 1.165) is 126 Å². The maximum absolute atomic E-state index is 14.9. The average molecular weight is 1090 g/mol. The van der Waals surface area contributed by atoms with E-state index >= 15 is 0 Å². The van der Waals surface area contributed by atoms with Gasteiger partial charge in [-0.25, -0.2) is 15.0 Å². The minimum absolute atomic E-state index is 0. The number of allylic oxidation sites excluding steroid dienone is 11. The van der Waals surface area contributed by atoms with Gasteiger partial charge in [0, 0.05) is 64.7 Å². The van der Waals surface area contributed by atoms with Gasteiger partial charge in [0.15, 0.2) is 0 Å². The summed E-state index contributed by atoms with van der Waals surface area (Å²) < 4.78 is 11.3. The Hall–Kier alpha value is -4.81. The van der Waals surface area contributed by atoms with Crippen molar-refractivity contribution < 1.29 is 23.9 Å². The van der Waals surface area contributed by atoms with Crippen LogP contribution in [0.15, 0.2) is 131 Å². The standard InChI is InChI=1S/C67H96N6O5.Mg/c1-12-51-46(8)56-38-57-47(9)53(33-34-62(74)78-36-35-45(7)28-22-27-44(6)26-21-25-43(5)24-20-23-42(3)4)65(72-57)54(37-63(75)77-11)66-64(67(76)69-50-31-18-15-19-32-50)48(10)58(73-66)39-60-52(13-2)55(61(71-60)40-59(51)70-56)41-68-49-29-16-14-17-30-49;/h12,35,38-44,47,49-50,53,68,72H,1,13-34,36-37H2,2-11H3,(H,69,76);/q;+2/b45-35?,55-41+,57-38?,58-39?,59-40?,65-54?;. The van der Waals surface area contributed by atoms with Crippen LogP contribution in [0.3, 0.4) is 0 Å². The molecule has 4 atom stereocenters. The zero-order chi connectivity index (χ0) is 55.9. The Morgan fingerprint density at radius 1 is 0.785 bits per heavy atom. The monoisotopic (exact) mass is 1090 g/mol. The Bertz CT molecular complexity index is 2640. The Kier molecular flexibility index (Phi) is 24.7. The number of hydrogen-bond donors (Lipinski definition) is 3. The van der Waals surface area contributed by atoms with Crippen molar-refractivity contribution in [3.05, 3.63) is 116 Å². The summed E-state index contributed by atoms with van der Waals surface area (Å²) in [5.41, 5.74) is 12.8. The van der Waals surface area contributed by atoms with Crippen molar-refractivity contribution >= 4 is 58.0 Å². The van der Waals surface area contributed by atoms with E-state index in [1.165, 1.54) is 76.9 Å². The number of rotatable bonds is 25. The molecule has 11 nitrogen and oxygen atoms in total. The first-order valence-corrected chi connectivity index (χ1v) is 30.4. The molecule has 5 heterocycles. The molecule has 0 radical (unpaired) electrons. The van der Waals surface area contributed by atoms with Crippen LogP contribution in [-0.4, -0.2) is 83.8 Å². The smallest absolute Gasteiger partial charge is 0.469 e. The fourth-order valence-electron chi connectivity index (χ4n) is 12.7. The first-order chi connectivity index (χ1) is 37.6. The van der Waals surface area contributed by atoms with Crippen molar-refractivity contribution in [2.45, 2.75) is 222 Å². The number of ether oxygens (including phenoxy) is 2. The molecule has 424 valence electrons. The van der Waals surface area contributed by atoms with Crippen molar-refractivity contribution in [2.24, 2.45) is 44.6 Å². The number of hydrogen-bond acceptors (Lipinski definition) is 10. The first kappa shape index (κ1) is 63.4. The molecule has 7 aliphatic rings. The fourth-order valence-corrected chi connectivity index (χ4v) is 12.7. The molecule has 4 unspecified atom stereocenters. The molecule has 0 aromatic carbocycles. The van der Waals surface area contributed by atoms with Gasteiger partial charge in [0.25, 0.3) is 5.91 Å². The largest absolute Gasteiger partial charge is 2.00 e. The van der Waals surface area contributed by atoms with E-state index in [4.69, 9.17) is 24.5 Å². The second kappa shape index (κ2) is 30.8. The number of esters is 2. The van der Waals surface area contributed by atoms with Gasteiger partial charge in [0.1, 0.15) is 6.61 Å². The molecule has 0 aromatic heterocycles. The maximum atomic E-state index is 14.9. The molecule has 3 fully saturated rings. The van der Waals surface area contributed by atoms with Crippen LogP contribution >= 0.6 is 0 Å². The summed E-state index contributed by atoms with van der Waals surface area (Å²) in [4.78, 5) is 58.5. The van der Waals surface area contributed by atoms with E-state index in [1.807, 2.05) is 19.1 Å². The van der Waals surface area contributed by atoms with Crippen LogP contribution in [0.1, 0.15) is 210 Å². The van der Waals surface area contributed by atoms with Gasteiger partial charge in [-0.2, -0.15) is 0 Å². The van der Waals surface area contributed by atoms with Gasteiger partial charge in [-0.1, -0.05) is 143 Å². The second-order valence-electron chi connectivity index (χ2n) is 24.2. The summed E-state index contributed by atoms with van der Waals surface area (Å²) >= 11 is 0. The predicted octanol–water partition coefficient (Wildman–Crippen LogP) is 14.8. The zero-order valence-electron chi connectivity index (χ0n) is 50.3. The number of fused-ring (bicyclic) bond motifs is 5. The predicted molar refractivity (Wildman–Crippen MR) is 326 cm³/mol. The molecule has 2 aliphatic carbocycles. The van der Waals surface area contributed by atoms with Crippen LogP contribution in [0.25, 0.3) is 0 Å². The van der Waals surface area contributed by atoms with Crippen molar-refractivity contribution in [3.8, 4) is 0 Å². The van der Waals surface area contributed by atoms with Crippen LogP contribution in [0, 0.1) is 29.6 Å². The van der Waals surface area contributed by atoms with Gasteiger partial charge >= 0.3 is 35.0 Å². The van der Waals surface area contributed by atoms with Crippen LogP contribution in [0.4, 0.5) is 0 Å². The molecule has 5 aliphatic heterocycles. The number of carbonyl (C=O) groups excluding carboxylic acids is 3. The number of nitrogens with zero attached hydrogens (tertiary/aromatic N) is 3. The molecule has 8 bridgehead atoms. The molecule has 1 saturated heterocycles. The van der Waals surface area contributed by atoms with Gasteiger partial charge in [0.05, 0.1) is 53.3 Å². The SMILES string of the molecule is C=CC1=C(C)C2=NC1=CC1=NC(=C(CC)/C1=C\NC1CCCCC1)C=C1N=C(C(CC(=O)OC)=C3NC(=C2)C(C)C3CCC(=O)OCC=C(C)CCCC(C)CCCC(C)CCCC(C)C)C(C(=O)NC2CCCCC2)=C1C.[Mg+2]. The molecule has 7 rings (SSSR count). The summed E-state index contributed by atoms with van der Waals surface area (Å²) in [5.74, 6) is 0.954. The fraction of sp³-hybridized carbons (Fsp3) is 0.612. The van der Waals surface area contributed by atoms with E-state index in [0.29, 0.717) is 52.9 Å². The third-order valence-corrected chi connectivity index (χ3v) is 17.7. The van der Waals surface area contributed by atoms with Crippen LogP contribution < -0.4 is 16.0 Å². The Morgan fingerprint density at radius 3 is 2.09 bits per heavy atom. The minimum atomic E-state index is -0.457. The number of amides is 1. The molecule has 3 N–H and O–H groups in total. The Labute approximate surface area is 491 Å². The van der Waals surface area contributed by atoms with E-state index in [-0.39, 0.29) is 72.3 Å². The topological polar surface area (TPSA) is 143 Å². The van der Waals surface area contributed by atoms with Crippen molar-refractivity contribution in [3.63, 3.8) is 0 Å². The molecular formula is C67H96MgN6O5+2. The van der Waals surface area contributed by atoms with Gasteiger partial charge in [-0.3, -0.25) is 14.4 Å². The number of carbonyl (C=O) groups is 3. The van der Waals surface area contributed by atoms with Crippen LogP contribution in [0.2, 0.25) is 0 Å². The minimum Gasteiger partial charge on any atom is -0.469 e. The van der Waals surface area contributed by atoms with E-state index in [9.17, 15) is 14.4 Å². The molecule has 79 heavy (non-hydrogen) atoms. The average Bonchev–Trinajstić information content (AvgIpc) is 4.26. The quantitative estimate of drug-likeness (QED) is 0.0469. The van der Waals surface area contributed by atoms with Gasteiger partial charge in [0.2, 0.25) is 0 Å². The third-order valence-electron chi connectivity index (χ3n) is 17.7. The number of methoxy groups -OCH3 is 1. The molecule has 0 aromatic rings. The molecule has 1 amide bonds. The van der Waals surface area contributed by atoms with Gasteiger partial charge in [-0.05, 0) is 131 Å². The van der Waals surface area contributed by atoms with E-state index in [1.54, 1.807) is 0 Å². The summed E-state index contributed by atoms with van der Waals surface area (Å²) in [6.45, 7) is 24.4. The number of aliphatic imine (C=N–C) groups is 3. The molecule has 2 saturated carbocycles. The molecular weight excluding hydrogens is 993 g/mol. The zero-order valence-corrected chi connectivity index (χ0v) is 51.7. The van der Waals surface area contributed by atoms with Crippen LogP contribution in [0.5, 0.6) is 0 Å². The van der Waals surface area contributed by atoms with Crippen molar-refractivity contribution in [1.29, 1.82) is 0 Å². The summed E-state index contributed by atoms with van der Waals surface area (Å²) in [6.07, 6.45) is 35.8. The van der Waals surface area contributed by atoms with E-state index < -0.39 is 5.97 Å². The molecule has 0 spiro atoms. The normalized spacial score (nSPS) is 22.2. The second-order valence-corrected chi connectivity index (χ2v) is 24.2. The summed E-state index contributed by atoms with van der Waals surface area (Å²) in [5, 5.41) is 11.0. The number of nitrogens with one attached hydrogen (secondary N) is 3. The Balaban J connectivity index is 0.0000101. The van der Waals surface area contributed by atoms with Crippen LogP contribution in [-0.2, 0) is 23.9 Å². The molecule has 12 heteroatoms. The summed E-state index contributed by atoms with van der Waals surface area (Å²) in [7, 11) is 1.39. The maximum Gasteiger partial charge on any atom is 2.00 e. The summed E-state index contributed by atoms with van der Waals surface area (Å²) in [6, 6.07) is 0.436. The first-order valence-electron chi connectivity index (χ1n) is 30.4. The van der Waals surface area contributed by atoms with Crippen molar-refractivity contribution in [2.75, 3.05) is 13.7 Å². The Morgan fingerprint density at radius 2 is 1.44 bits per heavy atom. The van der Waals surface area contributed by atoms with E-state index in [2.05, 4.69) is 102 Å². The third kappa shape index (κ3) is 17.1. The van der Waals surface area contributed by atoms with Crippen molar-refractivity contribution in [1.82, 2.24) is 16.0 Å². The van der Waals surface area contributed by atoms with Gasteiger partial charge in [-0.15, -0.1) is 0 Å². The van der Waals surface area contributed by atoms with Gasteiger partial charge < -0.3 is 25.4 Å².